The van der Waals surface area contributed by atoms with Crippen LogP contribution in [0, 0.1) is 6.92 Å². The van der Waals surface area contributed by atoms with E-state index in [-0.39, 0.29) is 6.10 Å². The van der Waals surface area contributed by atoms with Crippen molar-refractivity contribution in [2.24, 2.45) is 0 Å². The van der Waals surface area contributed by atoms with Gasteiger partial charge in [-0.3, -0.25) is 0 Å². The van der Waals surface area contributed by atoms with Gasteiger partial charge in [-0.2, -0.15) is 0 Å². The van der Waals surface area contributed by atoms with E-state index in [1.54, 1.807) is 0 Å². The lowest BCUT2D eigenvalue weighted by Gasteiger charge is -2.02. The molecule has 1 saturated heterocycles. The van der Waals surface area contributed by atoms with E-state index in [9.17, 15) is 0 Å². The lowest BCUT2D eigenvalue weighted by molar-refractivity contribution is 0.146. The molecule has 0 spiro atoms. The molecule has 2 heteroatoms. The minimum Gasteiger partial charge on any atom is -0.377 e. The topological polar surface area (TPSA) is 9.23 Å². The Morgan fingerprint density at radius 1 is 1.71 bits per heavy atom. The number of halogens is 1. The van der Waals surface area contributed by atoms with E-state index in [1.807, 2.05) is 0 Å². The van der Waals surface area contributed by atoms with Crippen molar-refractivity contribution in [2.75, 3.05) is 6.61 Å². The number of ether oxygens (including phenoxy) is 1. The summed E-state index contributed by atoms with van der Waals surface area (Å²) in [5, 5.41) is 0. The third-order valence-corrected chi connectivity index (χ3v) is 2.04. The van der Waals surface area contributed by atoms with Crippen LogP contribution in [-0.2, 0) is 4.74 Å². The van der Waals surface area contributed by atoms with Crippen molar-refractivity contribution in [2.45, 2.75) is 17.4 Å². The van der Waals surface area contributed by atoms with Crippen LogP contribution in [0.3, 0.4) is 0 Å². The molecule has 1 heterocycles. The molecular weight excluding hydrogens is 156 g/mol. The van der Waals surface area contributed by atoms with Crippen molar-refractivity contribution in [3.05, 3.63) is 6.92 Å². The van der Waals surface area contributed by atoms with Crippen LogP contribution in [-0.4, -0.2) is 17.5 Å². The Kier molecular flexibility index (Phi) is 1.70. The number of hydrogen-bond acceptors (Lipinski definition) is 1. The first-order valence-corrected chi connectivity index (χ1v) is 3.23. The van der Waals surface area contributed by atoms with Gasteiger partial charge in [0.05, 0.1) is 6.10 Å². The molecule has 0 saturated carbocycles. The van der Waals surface area contributed by atoms with Crippen molar-refractivity contribution in [3.63, 3.8) is 0 Å². The van der Waals surface area contributed by atoms with Crippen molar-refractivity contribution in [3.8, 4) is 0 Å². The van der Waals surface area contributed by atoms with Gasteiger partial charge in [-0.25, -0.2) is 0 Å². The molecule has 1 aliphatic rings. The lowest BCUT2D eigenvalue weighted by atomic mass is 10.3. The highest BCUT2D eigenvalue weighted by Gasteiger charge is 2.20. The molecule has 7 heavy (non-hydrogen) atoms. The van der Waals surface area contributed by atoms with E-state index in [0.717, 1.165) is 13.0 Å². The number of hydrogen-bond donors (Lipinski definition) is 0. The largest absolute Gasteiger partial charge is 0.377 e. The Morgan fingerprint density at radius 2 is 2.43 bits per heavy atom. The van der Waals surface area contributed by atoms with Crippen molar-refractivity contribution in [1.82, 2.24) is 0 Å². The molecule has 0 aromatic carbocycles. The molecule has 0 aromatic rings. The van der Waals surface area contributed by atoms with Gasteiger partial charge in [0.2, 0.25) is 0 Å². The fraction of sp³-hybridized carbons (Fsp3) is 0.800. The van der Waals surface area contributed by atoms with Gasteiger partial charge in [0.1, 0.15) is 0 Å². The highest BCUT2D eigenvalue weighted by Crippen LogP contribution is 2.19. The van der Waals surface area contributed by atoms with Gasteiger partial charge in [-0.1, -0.05) is 15.9 Å². The fourth-order valence-corrected chi connectivity index (χ4v) is 0.925. The van der Waals surface area contributed by atoms with Crippen molar-refractivity contribution < 1.29 is 4.74 Å². The molecule has 1 nitrogen and oxygen atoms in total. The molecule has 0 amide bonds. The van der Waals surface area contributed by atoms with E-state index >= 15 is 0 Å². The molecule has 0 bridgehead atoms. The third kappa shape index (κ3) is 1.16. The van der Waals surface area contributed by atoms with E-state index < -0.39 is 0 Å². The molecule has 2 radical (unpaired) electrons. The van der Waals surface area contributed by atoms with Crippen LogP contribution < -0.4 is 0 Å². The molecule has 1 unspecified atom stereocenters. The Bertz CT molecular complexity index is 57.1. The monoisotopic (exact) mass is 162 g/mol. The zero-order valence-corrected chi connectivity index (χ0v) is 5.52. The second kappa shape index (κ2) is 2.14. The van der Waals surface area contributed by atoms with E-state index in [4.69, 9.17) is 11.7 Å². The summed E-state index contributed by atoms with van der Waals surface area (Å²) in [7, 11) is 0. The van der Waals surface area contributed by atoms with Crippen LogP contribution in [0.15, 0.2) is 0 Å². The molecule has 1 fully saturated rings. The SMILES string of the molecule is [CH][C@@H]1OCCC1Br. The minimum atomic E-state index is -0.0694. The quantitative estimate of drug-likeness (QED) is 0.488. The average molecular weight is 163 g/mol. The summed E-state index contributed by atoms with van der Waals surface area (Å²) < 4.78 is 5.00. The van der Waals surface area contributed by atoms with Gasteiger partial charge in [0.25, 0.3) is 0 Å². The Morgan fingerprint density at radius 3 is 2.57 bits per heavy atom. The van der Waals surface area contributed by atoms with Crippen LogP contribution >= 0.6 is 15.9 Å². The normalized spacial score (nSPS) is 42.0. The maximum atomic E-state index is 5.41. The summed E-state index contributed by atoms with van der Waals surface area (Å²) in [6.45, 7) is 6.21. The van der Waals surface area contributed by atoms with Gasteiger partial charge in [0.15, 0.2) is 0 Å². The van der Waals surface area contributed by atoms with E-state index in [0.29, 0.717) is 4.83 Å². The van der Waals surface area contributed by atoms with Crippen molar-refractivity contribution >= 4 is 15.9 Å². The molecule has 40 valence electrons. The first-order chi connectivity index (χ1) is 3.30. The summed E-state index contributed by atoms with van der Waals surface area (Å²) in [6.07, 6.45) is 0.973. The van der Waals surface area contributed by atoms with Gasteiger partial charge < -0.3 is 4.74 Å². The highest BCUT2D eigenvalue weighted by molar-refractivity contribution is 9.09. The zero-order chi connectivity index (χ0) is 5.28. The standard InChI is InChI=1S/C5H7BrO/c1-4-5(6)2-3-7-4/h1,4-5H,2-3H2/t4-,5?/m0/s1. The highest BCUT2D eigenvalue weighted by atomic mass is 79.9. The summed E-state index contributed by atoms with van der Waals surface area (Å²) >= 11 is 3.35. The summed E-state index contributed by atoms with van der Waals surface area (Å²) in [5.74, 6) is 0. The second-order valence-electron chi connectivity index (χ2n) is 1.64. The number of alkyl halides is 1. The third-order valence-electron chi connectivity index (χ3n) is 1.06. The van der Waals surface area contributed by atoms with Gasteiger partial charge in [0, 0.05) is 11.4 Å². The molecule has 0 aromatic heterocycles. The maximum Gasteiger partial charge on any atom is 0.0736 e. The van der Waals surface area contributed by atoms with Crippen LogP contribution in [0.2, 0.25) is 0 Å². The Labute approximate surface area is 52.2 Å². The molecular formula is C5H7BrO. The van der Waals surface area contributed by atoms with Crippen LogP contribution in [0.4, 0.5) is 0 Å². The summed E-state index contributed by atoms with van der Waals surface area (Å²) in [5.41, 5.74) is 0. The average Bonchev–Trinajstić information content (AvgIpc) is 1.91. The van der Waals surface area contributed by atoms with Crippen molar-refractivity contribution in [1.29, 1.82) is 0 Å². The molecule has 0 N–H and O–H groups in total. The van der Waals surface area contributed by atoms with Gasteiger partial charge >= 0.3 is 0 Å². The molecule has 2 atom stereocenters. The van der Waals surface area contributed by atoms with Crippen LogP contribution in [0.5, 0.6) is 0 Å². The fourth-order valence-electron chi connectivity index (χ4n) is 0.585. The minimum absolute atomic E-state index is 0.0694. The van der Waals surface area contributed by atoms with Gasteiger partial charge in [-0.05, 0) is 13.3 Å². The zero-order valence-electron chi connectivity index (χ0n) is 3.93. The summed E-state index contributed by atoms with van der Waals surface area (Å²) in [4.78, 5) is 0.382. The van der Waals surface area contributed by atoms with E-state index in [2.05, 4.69) is 15.9 Å². The predicted octanol–water partition coefficient (Wildman–Crippen LogP) is 1.25. The Hall–Kier alpha value is 0.440. The second-order valence-corrected chi connectivity index (χ2v) is 2.82. The van der Waals surface area contributed by atoms with Crippen LogP contribution in [0.25, 0.3) is 0 Å². The first-order valence-electron chi connectivity index (χ1n) is 2.32. The first kappa shape index (κ1) is 5.57. The summed E-state index contributed by atoms with van der Waals surface area (Å²) in [6, 6.07) is 0. The number of rotatable bonds is 0. The molecule has 1 rings (SSSR count). The lowest BCUT2D eigenvalue weighted by Crippen LogP contribution is -2.09. The Balaban J connectivity index is 2.33. The predicted molar refractivity (Wildman–Crippen MR) is 31.4 cm³/mol. The smallest absolute Gasteiger partial charge is 0.0736 e. The molecule has 1 aliphatic heterocycles. The molecule has 0 aliphatic carbocycles. The van der Waals surface area contributed by atoms with Crippen LogP contribution in [0.1, 0.15) is 6.42 Å². The van der Waals surface area contributed by atoms with E-state index in [1.165, 1.54) is 0 Å². The van der Waals surface area contributed by atoms with Gasteiger partial charge in [-0.15, -0.1) is 0 Å². The maximum absolute atomic E-state index is 5.41.